The molecule has 3 aromatic rings. The highest BCUT2D eigenvalue weighted by Crippen LogP contribution is 2.18. The first-order valence-corrected chi connectivity index (χ1v) is 9.31. The largest absolute Gasteiger partial charge is 0.272 e. The Bertz CT molecular complexity index is 923. The van der Waals surface area contributed by atoms with Crippen LogP contribution in [0, 0.1) is 0 Å². The minimum Gasteiger partial charge on any atom is -0.272 e. The maximum Gasteiger partial charge on any atom is 0.253 e. The molecule has 0 aliphatic carbocycles. The summed E-state index contributed by atoms with van der Waals surface area (Å²) < 4.78 is 1.70. The third kappa shape index (κ3) is 3.67. The summed E-state index contributed by atoms with van der Waals surface area (Å²) in [4.78, 5) is 16.7. The molecule has 130 valence electrons. The third-order valence-corrected chi connectivity index (χ3v) is 4.85. The molecular formula is C19H17N5OS. The molecule has 4 rings (SSSR count). The second-order valence-corrected chi connectivity index (χ2v) is 6.72. The summed E-state index contributed by atoms with van der Waals surface area (Å²) in [5, 5.41) is 11.0. The monoisotopic (exact) mass is 363 g/mol. The van der Waals surface area contributed by atoms with Crippen LogP contribution < -0.4 is 0 Å². The van der Waals surface area contributed by atoms with Gasteiger partial charge in [-0.1, -0.05) is 60.3 Å². The van der Waals surface area contributed by atoms with Crippen molar-refractivity contribution >= 4 is 23.4 Å². The van der Waals surface area contributed by atoms with Gasteiger partial charge in [0.15, 0.2) is 0 Å². The van der Waals surface area contributed by atoms with Gasteiger partial charge >= 0.3 is 0 Å². The van der Waals surface area contributed by atoms with Crippen molar-refractivity contribution in [3.8, 4) is 5.69 Å². The summed E-state index contributed by atoms with van der Waals surface area (Å²) in [5.74, 6) is 0.238. The minimum absolute atomic E-state index is 0.0306. The van der Waals surface area contributed by atoms with Gasteiger partial charge < -0.3 is 0 Å². The van der Waals surface area contributed by atoms with Crippen LogP contribution in [0.1, 0.15) is 12.0 Å². The zero-order valence-electron chi connectivity index (χ0n) is 14.0. The highest BCUT2D eigenvalue weighted by atomic mass is 32.2. The summed E-state index contributed by atoms with van der Waals surface area (Å²) in [6.45, 7) is 0.621. The Labute approximate surface area is 155 Å². The number of aromatic nitrogens is 3. The normalized spacial score (nSPS) is 13.7. The molecule has 1 aliphatic rings. The van der Waals surface area contributed by atoms with Gasteiger partial charge in [-0.25, -0.2) is 14.7 Å². The Morgan fingerprint density at radius 2 is 1.77 bits per heavy atom. The zero-order valence-corrected chi connectivity index (χ0v) is 14.8. The molecular weight excluding hydrogens is 346 g/mol. The fourth-order valence-corrected chi connectivity index (χ4v) is 3.36. The van der Waals surface area contributed by atoms with Crippen molar-refractivity contribution in [3.05, 3.63) is 72.6 Å². The number of nitrogens with zero attached hydrogens (tertiary/aromatic N) is 5. The predicted molar refractivity (Wildman–Crippen MR) is 101 cm³/mol. The van der Waals surface area contributed by atoms with Crippen LogP contribution in [0.25, 0.3) is 5.69 Å². The molecule has 1 aliphatic heterocycles. The lowest BCUT2D eigenvalue weighted by Gasteiger charge is -2.09. The van der Waals surface area contributed by atoms with E-state index in [1.807, 2.05) is 60.7 Å². The summed E-state index contributed by atoms with van der Waals surface area (Å²) in [5.41, 5.74) is 2.96. The zero-order chi connectivity index (χ0) is 17.8. The van der Waals surface area contributed by atoms with E-state index in [9.17, 15) is 4.79 Å². The van der Waals surface area contributed by atoms with Crippen molar-refractivity contribution in [2.24, 2.45) is 5.10 Å². The Morgan fingerprint density at radius 1 is 1.04 bits per heavy atom. The van der Waals surface area contributed by atoms with Gasteiger partial charge in [0, 0.05) is 6.42 Å². The highest BCUT2D eigenvalue weighted by molar-refractivity contribution is 7.99. The van der Waals surface area contributed by atoms with Gasteiger partial charge in [0.1, 0.15) is 6.33 Å². The lowest BCUT2D eigenvalue weighted by Crippen LogP contribution is -2.25. The first-order chi connectivity index (χ1) is 12.8. The van der Waals surface area contributed by atoms with Crippen molar-refractivity contribution in [1.82, 2.24) is 19.8 Å². The van der Waals surface area contributed by atoms with Crippen molar-refractivity contribution in [2.45, 2.75) is 11.6 Å². The number of carbonyl (C=O) groups excluding carboxylic acids is 1. The van der Waals surface area contributed by atoms with Crippen molar-refractivity contribution < 1.29 is 4.79 Å². The third-order valence-electron chi connectivity index (χ3n) is 4.01. The number of hydrazone groups is 1. The molecule has 6 nitrogen and oxygen atoms in total. The lowest BCUT2D eigenvalue weighted by atomic mass is 10.1. The highest BCUT2D eigenvalue weighted by Gasteiger charge is 2.21. The number of amides is 1. The van der Waals surface area contributed by atoms with Gasteiger partial charge in [-0.2, -0.15) is 5.10 Å². The van der Waals surface area contributed by atoms with E-state index >= 15 is 0 Å². The maximum atomic E-state index is 12.4. The molecule has 2 aromatic carbocycles. The van der Waals surface area contributed by atoms with E-state index in [1.165, 1.54) is 11.8 Å². The van der Waals surface area contributed by atoms with Gasteiger partial charge in [0.25, 0.3) is 5.91 Å². The molecule has 0 unspecified atom stereocenters. The number of hydrogen-bond acceptors (Lipinski definition) is 5. The molecule has 0 atom stereocenters. The van der Waals surface area contributed by atoms with Crippen molar-refractivity contribution in [2.75, 3.05) is 12.3 Å². The fraction of sp³-hybridized carbons (Fsp3) is 0.158. The van der Waals surface area contributed by atoms with Gasteiger partial charge in [-0.3, -0.25) is 4.79 Å². The summed E-state index contributed by atoms with van der Waals surface area (Å²) in [6.07, 6.45) is 2.44. The number of para-hydroxylation sites is 1. The van der Waals surface area contributed by atoms with Crippen LogP contribution in [-0.4, -0.2) is 43.7 Å². The van der Waals surface area contributed by atoms with Crippen LogP contribution in [0.3, 0.4) is 0 Å². The van der Waals surface area contributed by atoms with E-state index in [1.54, 1.807) is 16.0 Å². The molecule has 1 aromatic heterocycles. The van der Waals surface area contributed by atoms with Crippen LogP contribution in [0.4, 0.5) is 0 Å². The Kier molecular flexibility index (Phi) is 4.79. The number of carbonyl (C=O) groups is 1. The first kappa shape index (κ1) is 16.5. The van der Waals surface area contributed by atoms with E-state index in [0.717, 1.165) is 23.4 Å². The second-order valence-electron chi connectivity index (χ2n) is 5.78. The molecule has 0 N–H and O–H groups in total. The average Bonchev–Trinajstić information content (AvgIpc) is 3.37. The van der Waals surface area contributed by atoms with E-state index in [4.69, 9.17) is 0 Å². The molecule has 2 heterocycles. The molecule has 7 heteroatoms. The Morgan fingerprint density at radius 3 is 2.54 bits per heavy atom. The van der Waals surface area contributed by atoms with Gasteiger partial charge in [0.05, 0.1) is 23.7 Å². The van der Waals surface area contributed by atoms with E-state index in [2.05, 4.69) is 15.2 Å². The maximum absolute atomic E-state index is 12.4. The predicted octanol–water partition coefficient (Wildman–Crippen LogP) is 3.00. The molecule has 1 amide bonds. The lowest BCUT2D eigenvalue weighted by molar-refractivity contribution is -0.127. The SMILES string of the molecule is O=C(CSc1ncn(-c2ccccc2)n1)N1CCC(c2ccccc2)=N1. The van der Waals surface area contributed by atoms with Gasteiger partial charge in [-0.15, -0.1) is 5.10 Å². The van der Waals surface area contributed by atoms with Crippen LogP contribution in [0.5, 0.6) is 0 Å². The first-order valence-electron chi connectivity index (χ1n) is 8.33. The van der Waals surface area contributed by atoms with E-state index in [0.29, 0.717) is 11.7 Å². The molecule has 0 saturated heterocycles. The number of benzene rings is 2. The Hall–Kier alpha value is -2.93. The molecule has 0 saturated carbocycles. The molecule has 26 heavy (non-hydrogen) atoms. The molecule has 0 bridgehead atoms. The van der Waals surface area contributed by atoms with Crippen LogP contribution in [0.15, 0.2) is 77.2 Å². The topological polar surface area (TPSA) is 63.4 Å². The van der Waals surface area contributed by atoms with Gasteiger partial charge in [-0.05, 0) is 17.7 Å². The second kappa shape index (κ2) is 7.53. The quantitative estimate of drug-likeness (QED) is 0.654. The summed E-state index contributed by atoms with van der Waals surface area (Å²) in [7, 11) is 0. The minimum atomic E-state index is -0.0306. The van der Waals surface area contributed by atoms with Crippen LogP contribution >= 0.6 is 11.8 Å². The van der Waals surface area contributed by atoms with E-state index in [-0.39, 0.29) is 11.7 Å². The van der Waals surface area contributed by atoms with Crippen LogP contribution in [-0.2, 0) is 4.79 Å². The molecule has 0 spiro atoms. The number of thioether (sulfide) groups is 1. The fourth-order valence-electron chi connectivity index (χ4n) is 2.69. The smallest absolute Gasteiger partial charge is 0.253 e. The van der Waals surface area contributed by atoms with Gasteiger partial charge in [0.2, 0.25) is 5.16 Å². The van der Waals surface area contributed by atoms with Crippen molar-refractivity contribution in [1.29, 1.82) is 0 Å². The van der Waals surface area contributed by atoms with E-state index < -0.39 is 0 Å². The summed E-state index contributed by atoms with van der Waals surface area (Å²) in [6, 6.07) is 19.7. The molecule has 0 fully saturated rings. The number of hydrogen-bond donors (Lipinski definition) is 0. The summed E-state index contributed by atoms with van der Waals surface area (Å²) >= 11 is 1.32. The molecule has 0 radical (unpaired) electrons. The van der Waals surface area contributed by atoms with Crippen LogP contribution in [0.2, 0.25) is 0 Å². The number of rotatable bonds is 5. The average molecular weight is 363 g/mol. The Balaban J connectivity index is 1.36. The van der Waals surface area contributed by atoms with Crippen molar-refractivity contribution in [3.63, 3.8) is 0 Å². The standard InChI is InChI=1S/C19H17N5OS/c25-18(23-12-11-17(21-23)15-7-3-1-4-8-15)13-26-19-20-14-24(22-19)16-9-5-2-6-10-16/h1-10,14H,11-13H2.